The first-order valence-corrected chi connectivity index (χ1v) is 6.52. The Labute approximate surface area is 128 Å². The van der Waals surface area contributed by atoms with Crippen molar-refractivity contribution in [3.05, 3.63) is 47.5 Å². The average molecular weight is 314 g/mol. The Morgan fingerprint density at radius 2 is 1.91 bits per heavy atom. The molecule has 3 aromatic rings. The number of aromatic amines is 1. The molecule has 0 unspecified atom stereocenters. The normalized spacial score (nSPS) is 11.4. The molecule has 0 saturated heterocycles. The van der Waals surface area contributed by atoms with Crippen LogP contribution in [0.15, 0.2) is 41.4 Å². The van der Waals surface area contributed by atoms with E-state index in [-0.39, 0.29) is 11.3 Å². The van der Waals surface area contributed by atoms with Gasteiger partial charge in [0.15, 0.2) is 5.82 Å². The van der Waals surface area contributed by atoms with Gasteiger partial charge in [-0.15, -0.1) is 0 Å². The van der Waals surface area contributed by atoms with Crippen molar-refractivity contribution < 1.29 is 13.2 Å². The Morgan fingerprint density at radius 3 is 2.48 bits per heavy atom. The van der Waals surface area contributed by atoms with E-state index in [1.54, 1.807) is 36.4 Å². The molecule has 4 nitrogen and oxygen atoms in total. The lowest BCUT2D eigenvalue weighted by atomic mass is 9.94. The molecule has 114 valence electrons. The van der Waals surface area contributed by atoms with Gasteiger partial charge in [-0.3, -0.25) is 5.10 Å². The number of halogens is 3. The summed E-state index contributed by atoms with van der Waals surface area (Å²) in [6.07, 6.45) is -4.66. The summed E-state index contributed by atoms with van der Waals surface area (Å²) in [6, 6.07) is 11.1. The minimum atomic E-state index is -4.66. The van der Waals surface area contributed by atoms with Crippen molar-refractivity contribution in [1.82, 2.24) is 10.2 Å². The lowest BCUT2D eigenvalue weighted by molar-refractivity contribution is -0.137. The molecular weight excluding hydrogens is 305 g/mol. The topological polar surface area (TPSA) is 64.8 Å². The fraction of sp³-hybridized carbons (Fsp3) is 0.0625. The first kappa shape index (κ1) is 14.8. The Balaban J connectivity index is 2.50. The monoisotopic (exact) mass is 314 g/mol. The van der Waals surface area contributed by atoms with E-state index < -0.39 is 17.3 Å². The summed E-state index contributed by atoms with van der Waals surface area (Å²) < 4.78 is 40.0. The van der Waals surface area contributed by atoms with Crippen molar-refractivity contribution in [2.24, 2.45) is 4.99 Å². The van der Waals surface area contributed by atoms with E-state index in [4.69, 9.17) is 0 Å². The molecular formula is C16H9F3N4. The highest BCUT2D eigenvalue weighted by Gasteiger charge is 2.36. The van der Waals surface area contributed by atoms with Crippen LogP contribution in [0.25, 0.3) is 22.0 Å². The molecule has 0 aliphatic rings. The number of hydrogen-bond acceptors (Lipinski definition) is 3. The zero-order valence-electron chi connectivity index (χ0n) is 11.6. The molecule has 0 amide bonds. The molecule has 0 saturated carbocycles. The number of rotatable bonds is 2. The number of aliphatic imine (C=N–C) groups is 1. The Hall–Kier alpha value is -3.14. The standard InChI is InChI=1S/C16H9F3N4/c1-21-15-13-10(9-5-3-2-4-6-9)7-12(16(17,18)19)11(8-20)14(13)22-23-15/h2-7H,1H2,(H,22,23). The maximum absolute atomic E-state index is 13.3. The van der Waals surface area contributed by atoms with E-state index in [0.29, 0.717) is 16.5 Å². The van der Waals surface area contributed by atoms with Crippen LogP contribution in [-0.2, 0) is 6.18 Å². The summed E-state index contributed by atoms with van der Waals surface area (Å²) in [5.74, 6) is 0.157. The lowest BCUT2D eigenvalue weighted by Gasteiger charge is -2.13. The van der Waals surface area contributed by atoms with Crippen LogP contribution in [0.4, 0.5) is 19.0 Å². The molecule has 0 bridgehead atoms. The number of nitriles is 1. The average Bonchev–Trinajstić information content (AvgIpc) is 2.97. The highest BCUT2D eigenvalue weighted by molar-refractivity contribution is 6.04. The molecule has 7 heteroatoms. The van der Waals surface area contributed by atoms with Gasteiger partial charge in [0.2, 0.25) is 0 Å². The summed E-state index contributed by atoms with van der Waals surface area (Å²) in [6.45, 7) is 3.38. The summed E-state index contributed by atoms with van der Waals surface area (Å²) >= 11 is 0. The van der Waals surface area contributed by atoms with Gasteiger partial charge < -0.3 is 0 Å². The van der Waals surface area contributed by atoms with E-state index in [2.05, 4.69) is 21.9 Å². The third-order valence-corrected chi connectivity index (χ3v) is 3.48. The summed E-state index contributed by atoms with van der Waals surface area (Å²) in [4.78, 5) is 3.73. The molecule has 1 aromatic heterocycles. The van der Waals surface area contributed by atoms with Crippen LogP contribution in [0.1, 0.15) is 11.1 Å². The second-order valence-electron chi connectivity index (χ2n) is 4.78. The van der Waals surface area contributed by atoms with Gasteiger partial charge in [-0.05, 0) is 23.9 Å². The van der Waals surface area contributed by atoms with Crippen LogP contribution in [-0.4, -0.2) is 16.9 Å². The van der Waals surface area contributed by atoms with E-state index in [1.165, 1.54) is 0 Å². The molecule has 1 heterocycles. The number of aromatic nitrogens is 2. The van der Waals surface area contributed by atoms with Crippen molar-refractivity contribution in [3.63, 3.8) is 0 Å². The second-order valence-corrected chi connectivity index (χ2v) is 4.78. The number of fused-ring (bicyclic) bond motifs is 1. The minimum Gasteiger partial charge on any atom is -0.274 e. The van der Waals surface area contributed by atoms with Crippen LogP contribution in [0, 0.1) is 11.3 Å². The summed E-state index contributed by atoms with van der Waals surface area (Å²) in [5.41, 5.74) is -0.648. The van der Waals surface area contributed by atoms with Crippen molar-refractivity contribution in [1.29, 1.82) is 5.26 Å². The first-order valence-electron chi connectivity index (χ1n) is 6.52. The van der Waals surface area contributed by atoms with Crippen LogP contribution in [0.2, 0.25) is 0 Å². The minimum absolute atomic E-state index is 0.00331. The van der Waals surface area contributed by atoms with Gasteiger partial charge in [0, 0.05) is 0 Å². The number of alkyl halides is 3. The molecule has 0 atom stereocenters. The number of H-pyrrole nitrogens is 1. The number of hydrogen-bond donors (Lipinski definition) is 1. The fourth-order valence-electron chi connectivity index (χ4n) is 2.49. The molecule has 2 aromatic carbocycles. The van der Waals surface area contributed by atoms with E-state index >= 15 is 0 Å². The fourth-order valence-corrected chi connectivity index (χ4v) is 2.49. The van der Waals surface area contributed by atoms with Crippen molar-refractivity contribution >= 4 is 23.4 Å². The van der Waals surface area contributed by atoms with E-state index in [0.717, 1.165) is 6.07 Å². The zero-order valence-corrected chi connectivity index (χ0v) is 11.6. The predicted molar refractivity (Wildman–Crippen MR) is 80.5 cm³/mol. The van der Waals surface area contributed by atoms with Gasteiger partial charge in [0.1, 0.15) is 6.07 Å². The Kier molecular flexibility index (Phi) is 3.37. The van der Waals surface area contributed by atoms with Gasteiger partial charge in [-0.1, -0.05) is 30.3 Å². The van der Waals surface area contributed by atoms with Gasteiger partial charge in [-0.2, -0.15) is 23.5 Å². The highest BCUT2D eigenvalue weighted by Crippen LogP contribution is 2.42. The quantitative estimate of drug-likeness (QED) is 0.710. The SMILES string of the molecule is C=Nc1n[nH]c2c(C#N)c(C(F)(F)F)cc(-c3ccccc3)c12. The van der Waals surface area contributed by atoms with E-state index in [1.807, 2.05) is 0 Å². The third kappa shape index (κ3) is 2.34. The van der Waals surface area contributed by atoms with Crippen molar-refractivity contribution in [3.8, 4) is 17.2 Å². The molecule has 0 radical (unpaired) electrons. The maximum Gasteiger partial charge on any atom is 0.417 e. The summed E-state index contributed by atoms with van der Waals surface area (Å²) in [5, 5.41) is 15.9. The molecule has 0 fully saturated rings. The molecule has 0 spiro atoms. The number of nitrogens with zero attached hydrogens (tertiary/aromatic N) is 3. The van der Waals surface area contributed by atoms with E-state index in [9.17, 15) is 18.4 Å². The third-order valence-electron chi connectivity index (χ3n) is 3.48. The molecule has 0 aliphatic carbocycles. The first-order chi connectivity index (χ1) is 11.0. The molecule has 3 rings (SSSR count). The largest absolute Gasteiger partial charge is 0.417 e. The van der Waals surface area contributed by atoms with Crippen LogP contribution in [0.3, 0.4) is 0 Å². The molecule has 1 N–H and O–H groups in total. The van der Waals surface area contributed by atoms with Crippen molar-refractivity contribution in [2.75, 3.05) is 0 Å². The number of benzene rings is 2. The molecule has 0 aliphatic heterocycles. The maximum atomic E-state index is 13.3. The summed E-state index contributed by atoms with van der Waals surface area (Å²) in [7, 11) is 0. The van der Waals surface area contributed by atoms with Gasteiger partial charge in [0.05, 0.1) is 22.0 Å². The highest BCUT2D eigenvalue weighted by atomic mass is 19.4. The van der Waals surface area contributed by atoms with Gasteiger partial charge >= 0.3 is 6.18 Å². The lowest BCUT2D eigenvalue weighted by Crippen LogP contribution is -2.08. The predicted octanol–water partition coefficient (Wildman–Crippen LogP) is 4.45. The zero-order chi connectivity index (χ0) is 16.6. The van der Waals surface area contributed by atoms with Crippen molar-refractivity contribution in [2.45, 2.75) is 6.18 Å². The van der Waals surface area contributed by atoms with Gasteiger partial charge in [0.25, 0.3) is 0 Å². The van der Waals surface area contributed by atoms with Gasteiger partial charge in [-0.25, -0.2) is 4.99 Å². The Morgan fingerprint density at radius 1 is 1.22 bits per heavy atom. The number of nitrogens with one attached hydrogen (secondary N) is 1. The second kappa shape index (κ2) is 5.25. The molecule has 23 heavy (non-hydrogen) atoms. The van der Waals surface area contributed by atoms with Crippen LogP contribution < -0.4 is 0 Å². The smallest absolute Gasteiger partial charge is 0.274 e. The van der Waals surface area contributed by atoms with Crippen LogP contribution in [0.5, 0.6) is 0 Å². The Bertz CT molecular complexity index is 934. The van der Waals surface area contributed by atoms with Crippen LogP contribution >= 0.6 is 0 Å².